The first-order valence-corrected chi connectivity index (χ1v) is 9.64. The van der Waals surface area contributed by atoms with Crippen LogP contribution in [0.1, 0.15) is 11.1 Å². The summed E-state index contributed by atoms with van der Waals surface area (Å²) in [4.78, 5) is 0. The molecule has 0 fully saturated rings. The quantitative estimate of drug-likeness (QED) is 0.546. The third-order valence-electron chi connectivity index (χ3n) is 3.16. The fourth-order valence-corrected chi connectivity index (χ4v) is 3.81. The molecule has 6 heteroatoms. The van der Waals surface area contributed by atoms with Gasteiger partial charge in [0, 0.05) is 17.3 Å². The summed E-state index contributed by atoms with van der Waals surface area (Å²) in [7, 11) is 0. The first kappa shape index (κ1) is 17.0. The minimum absolute atomic E-state index is 0.728. The number of hydrogen-bond donors (Lipinski definition) is 1. The lowest BCUT2D eigenvalue weighted by Crippen LogP contribution is -1.96. The topological polar surface area (TPSA) is 37.8 Å². The van der Waals surface area contributed by atoms with E-state index < -0.39 is 0 Å². The number of halogens is 1. The van der Waals surface area contributed by atoms with Crippen molar-refractivity contribution >= 4 is 45.9 Å². The second-order valence-electron chi connectivity index (χ2n) is 4.98. The largest absolute Gasteiger partial charge is 0.357 e. The monoisotopic (exact) mass is 373 g/mol. The lowest BCUT2D eigenvalue weighted by atomic mass is 10.2. The Kier molecular flexibility index (Phi) is 6.29. The molecule has 24 heavy (non-hydrogen) atoms. The molecular formula is C18H16ClN3S2. The van der Waals surface area contributed by atoms with Crippen LogP contribution in [0.5, 0.6) is 0 Å². The normalized spacial score (nSPS) is 11.0. The van der Waals surface area contributed by atoms with Crippen molar-refractivity contribution in [3.63, 3.8) is 0 Å². The molecule has 1 aromatic heterocycles. The SMILES string of the molecule is Clc1ccc(CSc2nnc(NC/C=C/c3ccccc3)s2)cc1. The van der Waals surface area contributed by atoms with E-state index in [1.165, 1.54) is 11.1 Å². The van der Waals surface area contributed by atoms with Crippen LogP contribution in [0.4, 0.5) is 5.13 Å². The van der Waals surface area contributed by atoms with Crippen molar-refractivity contribution < 1.29 is 0 Å². The van der Waals surface area contributed by atoms with Crippen LogP contribution >= 0.6 is 34.7 Å². The number of nitrogens with one attached hydrogen (secondary N) is 1. The number of aromatic nitrogens is 2. The molecular weight excluding hydrogens is 358 g/mol. The van der Waals surface area contributed by atoms with E-state index in [0.29, 0.717) is 0 Å². The van der Waals surface area contributed by atoms with Gasteiger partial charge in [-0.05, 0) is 23.3 Å². The third kappa shape index (κ3) is 5.37. The standard InChI is InChI=1S/C18H16ClN3S2/c19-16-10-8-15(9-11-16)13-23-18-22-21-17(24-18)20-12-4-7-14-5-2-1-3-6-14/h1-11H,12-13H2,(H,20,21)/b7-4+. The highest BCUT2D eigenvalue weighted by Gasteiger charge is 2.04. The van der Waals surface area contributed by atoms with Gasteiger partial charge in [0.1, 0.15) is 0 Å². The fraction of sp³-hybridized carbons (Fsp3) is 0.111. The van der Waals surface area contributed by atoms with Crippen molar-refractivity contribution in [1.82, 2.24) is 10.2 Å². The smallest absolute Gasteiger partial charge is 0.206 e. The van der Waals surface area contributed by atoms with Gasteiger partial charge in [-0.1, -0.05) is 89.3 Å². The number of nitrogens with zero attached hydrogens (tertiary/aromatic N) is 2. The van der Waals surface area contributed by atoms with E-state index >= 15 is 0 Å². The minimum Gasteiger partial charge on any atom is -0.357 e. The molecule has 3 nitrogen and oxygen atoms in total. The van der Waals surface area contributed by atoms with Gasteiger partial charge in [-0.3, -0.25) is 0 Å². The van der Waals surface area contributed by atoms with Gasteiger partial charge < -0.3 is 5.32 Å². The number of thioether (sulfide) groups is 1. The van der Waals surface area contributed by atoms with Crippen LogP contribution in [0.15, 0.2) is 65.0 Å². The Bertz CT molecular complexity index is 786. The second kappa shape index (κ2) is 8.87. The van der Waals surface area contributed by atoms with E-state index in [0.717, 1.165) is 26.8 Å². The molecule has 0 spiro atoms. The lowest BCUT2D eigenvalue weighted by molar-refractivity contribution is 1.01. The summed E-state index contributed by atoms with van der Waals surface area (Å²) < 4.78 is 0.958. The summed E-state index contributed by atoms with van der Waals surface area (Å²) in [5.74, 6) is 0.861. The van der Waals surface area contributed by atoms with Crippen LogP contribution in [0, 0.1) is 0 Å². The minimum atomic E-state index is 0.728. The molecule has 1 N–H and O–H groups in total. The number of anilines is 1. The molecule has 0 unspecified atom stereocenters. The van der Waals surface area contributed by atoms with Crippen molar-refractivity contribution in [2.45, 2.75) is 10.1 Å². The van der Waals surface area contributed by atoms with Crippen LogP contribution < -0.4 is 5.32 Å². The first-order valence-electron chi connectivity index (χ1n) is 7.46. The maximum atomic E-state index is 5.89. The first-order chi connectivity index (χ1) is 11.8. The molecule has 122 valence electrons. The Balaban J connectivity index is 1.45. The number of rotatable bonds is 7. The van der Waals surface area contributed by atoms with Gasteiger partial charge in [-0.2, -0.15) is 0 Å². The van der Waals surface area contributed by atoms with Gasteiger partial charge in [0.25, 0.3) is 0 Å². The highest BCUT2D eigenvalue weighted by Crippen LogP contribution is 2.28. The van der Waals surface area contributed by atoms with Crippen molar-refractivity contribution in [1.29, 1.82) is 0 Å². The molecule has 0 amide bonds. The maximum absolute atomic E-state index is 5.89. The molecule has 3 rings (SSSR count). The van der Waals surface area contributed by atoms with E-state index in [-0.39, 0.29) is 0 Å². The van der Waals surface area contributed by atoms with Crippen LogP contribution in [0.3, 0.4) is 0 Å². The Morgan fingerprint density at radius 2 is 1.83 bits per heavy atom. The molecule has 1 heterocycles. The highest BCUT2D eigenvalue weighted by molar-refractivity contribution is 8.00. The van der Waals surface area contributed by atoms with E-state index in [1.54, 1.807) is 23.1 Å². The molecule has 0 aliphatic heterocycles. The molecule has 0 aliphatic rings. The van der Waals surface area contributed by atoms with Gasteiger partial charge in [0.2, 0.25) is 5.13 Å². The fourth-order valence-electron chi connectivity index (χ4n) is 1.97. The van der Waals surface area contributed by atoms with E-state index in [1.807, 2.05) is 42.5 Å². The van der Waals surface area contributed by atoms with Crippen molar-refractivity contribution in [3.05, 3.63) is 76.8 Å². The Labute approximate surface area is 154 Å². The number of benzene rings is 2. The molecule has 0 bridgehead atoms. The third-order valence-corrected chi connectivity index (χ3v) is 5.50. The van der Waals surface area contributed by atoms with Crippen LogP contribution in [-0.4, -0.2) is 16.7 Å². The Morgan fingerprint density at radius 3 is 2.62 bits per heavy atom. The summed E-state index contributed by atoms with van der Waals surface area (Å²) in [6, 6.07) is 18.1. The maximum Gasteiger partial charge on any atom is 0.206 e. The molecule has 0 atom stereocenters. The summed E-state index contributed by atoms with van der Waals surface area (Å²) in [5, 5.41) is 13.2. The van der Waals surface area contributed by atoms with Crippen LogP contribution in [0.2, 0.25) is 5.02 Å². The summed E-state index contributed by atoms with van der Waals surface area (Å²) >= 11 is 9.14. The Hall–Kier alpha value is -1.82. The van der Waals surface area contributed by atoms with Crippen molar-refractivity contribution in [3.8, 4) is 0 Å². The predicted octanol–water partition coefficient (Wildman–Crippen LogP) is 5.61. The summed E-state index contributed by atoms with van der Waals surface area (Å²) in [6.07, 6.45) is 4.17. The zero-order valence-electron chi connectivity index (χ0n) is 12.9. The average molecular weight is 374 g/mol. The number of hydrogen-bond acceptors (Lipinski definition) is 5. The summed E-state index contributed by atoms with van der Waals surface area (Å²) in [6.45, 7) is 0.728. The van der Waals surface area contributed by atoms with Gasteiger partial charge in [-0.15, -0.1) is 10.2 Å². The van der Waals surface area contributed by atoms with E-state index in [4.69, 9.17) is 11.6 Å². The zero-order valence-corrected chi connectivity index (χ0v) is 15.2. The molecule has 0 radical (unpaired) electrons. The van der Waals surface area contributed by atoms with Gasteiger partial charge in [0.05, 0.1) is 0 Å². The van der Waals surface area contributed by atoms with Gasteiger partial charge >= 0.3 is 0 Å². The highest BCUT2D eigenvalue weighted by atomic mass is 35.5. The second-order valence-corrected chi connectivity index (χ2v) is 7.62. The Morgan fingerprint density at radius 1 is 1.04 bits per heavy atom. The molecule has 0 saturated carbocycles. The van der Waals surface area contributed by atoms with Gasteiger partial charge in [-0.25, -0.2) is 0 Å². The van der Waals surface area contributed by atoms with Crippen molar-refractivity contribution in [2.24, 2.45) is 0 Å². The lowest BCUT2D eigenvalue weighted by Gasteiger charge is -1.98. The summed E-state index contributed by atoms with van der Waals surface area (Å²) in [5.41, 5.74) is 2.41. The predicted molar refractivity (Wildman–Crippen MR) is 105 cm³/mol. The zero-order chi connectivity index (χ0) is 16.6. The molecule has 2 aromatic carbocycles. The molecule has 3 aromatic rings. The molecule has 0 aliphatic carbocycles. The average Bonchev–Trinajstić information content (AvgIpc) is 3.07. The van der Waals surface area contributed by atoms with Crippen LogP contribution in [0.25, 0.3) is 6.08 Å². The van der Waals surface area contributed by atoms with Gasteiger partial charge in [0.15, 0.2) is 4.34 Å². The van der Waals surface area contributed by atoms with E-state index in [9.17, 15) is 0 Å². The van der Waals surface area contributed by atoms with Crippen molar-refractivity contribution in [2.75, 3.05) is 11.9 Å². The molecule has 0 saturated heterocycles. The van der Waals surface area contributed by atoms with Crippen LogP contribution in [-0.2, 0) is 5.75 Å². The van der Waals surface area contributed by atoms with E-state index in [2.05, 4.69) is 39.8 Å².